The fourth-order valence-corrected chi connectivity index (χ4v) is 2.74. The van der Waals surface area contributed by atoms with Gasteiger partial charge in [0.25, 0.3) is 0 Å². The van der Waals surface area contributed by atoms with E-state index < -0.39 is 35.4 Å². The molecule has 0 saturated carbocycles. The van der Waals surface area contributed by atoms with Gasteiger partial charge in [-0.05, 0) is 18.2 Å². The summed E-state index contributed by atoms with van der Waals surface area (Å²) in [5.74, 6) is 0. The molecule has 0 unspecified atom stereocenters. The summed E-state index contributed by atoms with van der Waals surface area (Å²) in [6.07, 6.45) is 0. The highest BCUT2D eigenvalue weighted by molar-refractivity contribution is 7.89. The van der Waals surface area contributed by atoms with Gasteiger partial charge in [0.05, 0.1) is 36.3 Å². The van der Waals surface area contributed by atoms with Gasteiger partial charge in [-0.3, -0.25) is 0 Å². The predicted molar refractivity (Wildman–Crippen MR) is 65.5 cm³/mol. The van der Waals surface area contributed by atoms with Crippen LogP contribution in [0.15, 0.2) is 29.2 Å². The van der Waals surface area contributed by atoms with Crippen molar-refractivity contribution in [2.75, 3.05) is 19.8 Å². The van der Waals surface area contributed by atoms with E-state index in [0.717, 1.165) is 6.07 Å². The zero-order valence-electron chi connectivity index (χ0n) is 9.94. The number of sulfonamides is 1. The second-order valence-corrected chi connectivity index (χ2v) is 5.68. The molecule has 0 atom stereocenters. The predicted octanol–water partition coefficient (Wildman–Crippen LogP) is -1.45. The van der Waals surface area contributed by atoms with Crippen LogP contribution in [0.4, 0.5) is 0 Å². The summed E-state index contributed by atoms with van der Waals surface area (Å²) < 4.78 is 26.1. The normalized spacial score (nSPS) is 12.1. The molecular formula is C11H14N2O5S. The van der Waals surface area contributed by atoms with E-state index >= 15 is 0 Å². The molecule has 0 fully saturated rings. The Labute approximate surface area is 110 Å². The first-order valence-electron chi connectivity index (χ1n) is 5.30. The molecule has 104 valence electrons. The molecule has 0 aliphatic rings. The maximum atomic E-state index is 12.0. The molecule has 1 aromatic carbocycles. The SMILES string of the molecule is N#Cc1cccc(S(=O)(=O)NC(CO)(CO)CO)c1. The molecule has 0 saturated heterocycles. The molecule has 0 aliphatic heterocycles. The number of aliphatic hydroxyl groups is 3. The van der Waals surface area contributed by atoms with Gasteiger partial charge in [0.2, 0.25) is 10.0 Å². The first-order valence-corrected chi connectivity index (χ1v) is 6.78. The van der Waals surface area contributed by atoms with E-state index in [4.69, 9.17) is 20.6 Å². The van der Waals surface area contributed by atoms with E-state index in [1.54, 1.807) is 6.07 Å². The van der Waals surface area contributed by atoms with Crippen molar-refractivity contribution in [3.8, 4) is 6.07 Å². The van der Waals surface area contributed by atoms with Gasteiger partial charge in [-0.2, -0.15) is 9.98 Å². The fourth-order valence-electron chi connectivity index (χ4n) is 1.32. The zero-order chi connectivity index (χ0) is 14.5. The van der Waals surface area contributed by atoms with Gasteiger partial charge < -0.3 is 15.3 Å². The maximum Gasteiger partial charge on any atom is 0.241 e. The molecular weight excluding hydrogens is 272 g/mol. The largest absolute Gasteiger partial charge is 0.394 e. The van der Waals surface area contributed by atoms with E-state index in [-0.39, 0.29) is 10.5 Å². The lowest BCUT2D eigenvalue weighted by molar-refractivity contribution is 0.0582. The topological polar surface area (TPSA) is 131 Å². The number of hydrogen-bond donors (Lipinski definition) is 4. The van der Waals surface area contributed by atoms with Crippen molar-refractivity contribution in [1.29, 1.82) is 5.26 Å². The van der Waals surface area contributed by atoms with Crippen LogP contribution in [0.2, 0.25) is 0 Å². The molecule has 0 aliphatic carbocycles. The van der Waals surface area contributed by atoms with Gasteiger partial charge in [-0.25, -0.2) is 8.42 Å². The van der Waals surface area contributed by atoms with Crippen LogP contribution >= 0.6 is 0 Å². The molecule has 0 radical (unpaired) electrons. The second kappa shape index (κ2) is 6.10. The summed E-state index contributed by atoms with van der Waals surface area (Å²) in [4.78, 5) is -0.189. The molecule has 0 aromatic heterocycles. The Morgan fingerprint density at radius 1 is 1.21 bits per heavy atom. The Bertz CT molecular complexity index is 567. The average molecular weight is 286 g/mol. The monoisotopic (exact) mass is 286 g/mol. The van der Waals surface area contributed by atoms with Crippen molar-refractivity contribution in [2.45, 2.75) is 10.4 Å². The van der Waals surface area contributed by atoms with Crippen molar-refractivity contribution >= 4 is 10.0 Å². The number of aliphatic hydroxyl groups excluding tert-OH is 3. The van der Waals surface area contributed by atoms with Gasteiger partial charge in [-0.1, -0.05) is 6.07 Å². The standard InChI is InChI=1S/C11H14N2O5S/c12-5-9-2-1-3-10(4-9)19(17,18)13-11(6-14,7-15)8-16/h1-4,13-16H,6-8H2. The van der Waals surface area contributed by atoms with E-state index in [9.17, 15) is 8.42 Å². The van der Waals surface area contributed by atoms with Crippen LogP contribution in [0.5, 0.6) is 0 Å². The first-order chi connectivity index (χ1) is 8.93. The summed E-state index contributed by atoms with van der Waals surface area (Å²) in [6, 6.07) is 7.06. The number of nitriles is 1. The van der Waals surface area contributed by atoms with Crippen LogP contribution < -0.4 is 4.72 Å². The maximum absolute atomic E-state index is 12.0. The van der Waals surface area contributed by atoms with Gasteiger partial charge in [0.1, 0.15) is 5.54 Å². The lowest BCUT2D eigenvalue weighted by Crippen LogP contribution is -2.56. The fraction of sp³-hybridized carbons (Fsp3) is 0.364. The Morgan fingerprint density at radius 3 is 2.26 bits per heavy atom. The van der Waals surface area contributed by atoms with Crippen LogP contribution in [0.1, 0.15) is 5.56 Å². The van der Waals surface area contributed by atoms with Gasteiger partial charge in [0, 0.05) is 0 Å². The first kappa shape index (κ1) is 15.6. The van der Waals surface area contributed by atoms with E-state index in [2.05, 4.69) is 0 Å². The van der Waals surface area contributed by atoms with E-state index in [1.807, 2.05) is 4.72 Å². The van der Waals surface area contributed by atoms with Gasteiger partial charge in [0.15, 0.2) is 0 Å². The molecule has 4 N–H and O–H groups in total. The third kappa shape index (κ3) is 3.50. The third-order valence-electron chi connectivity index (χ3n) is 2.53. The Kier molecular flexibility index (Phi) is 4.99. The van der Waals surface area contributed by atoms with E-state index in [1.165, 1.54) is 18.2 Å². The zero-order valence-corrected chi connectivity index (χ0v) is 10.8. The number of nitrogens with zero attached hydrogens (tertiary/aromatic N) is 1. The highest BCUT2D eigenvalue weighted by Crippen LogP contribution is 2.14. The summed E-state index contributed by atoms with van der Waals surface area (Å²) in [6.45, 7) is -2.30. The number of hydrogen-bond acceptors (Lipinski definition) is 6. The Hall–Kier alpha value is -1.50. The van der Waals surface area contributed by atoms with Crippen LogP contribution in [0.25, 0.3) is 0 Å². The summed E-state index contributed by atoms with van der Waals surface area (Å²) in [5, 5.41) is 36.0. The summed E-state index contributed by atoms with van der Waals surface area (Å²) >= 11 is 0. The smallest absolute Gasteiger partial charge is 0.241 e. The summed E-state index contributed by atoms with van der Waals surface area (Å²) in [5.41, 5.74) is -1.59. The average Bonchev–Trinajstić information content (AvgIpc) is 2.45. The molecule has 0 amide bonds. The number of benzene rings is 1. The van der Waals surface area contributed by atoms with Crippen molar-refractivity contribution < 1.29 is 23.7 Å². The molecule has 1 rings (SSSR count). The molecule has 7 nitrogen and oxygen atoms in total. The van der Waals surface area contributed by atoms with Crippen molar-refractivity contribution in [3.63, 3.8) is 0 Å². The van der Waals surface area contributed by atoms with Crippen molar-refractivity contribution in [3.05, 3.63) is 29.8 Å². The molecule has 1 aromatic rings. The molecule has 8 heteroatoms. The number of rotatable bonds is 6. The Morgan fingerprint density at radius 2 is 1.79 bits per heavy atom. The summed E-state index contributed by atoms with van der Waals surface area (Å²) in [7, 11) is -4.07. The lowest BCUT2D eigenvalue weighted by atomic mass is 10.1. The van der Waals surface area contributed by atoms with Gasteiger partial charge in [-0.15, -0.1) is 0 Å². The molecule has 0 bridgehead atoms. The molecule has 19 heavy (non-hydrogen) atoms. The minimum absolute atomic E-state index is 0.158. The highest BCUT2D eigenvalue weighted by Gasteiger charge is 2.33. The van der Waals surface area contributed by atoms with Crippen molar-refractivity contribution in [2.24, 2.45) is 0 Å². The minimum atomic E-state index is -4.07. The highest BCUT2D eigenvalue weighted by atomic mass is 32.2. The minimum Gasteiger partial charge on any atom is -0.394 e. The Balaban J connectivity index is 3.14. The van der Waals surface area contributed by atoms with Crippen LogP contribution in [-0.2, 0) is 10.0 Å². The van der Waals surface area contributed by atoms with Crippen LogP contribution in [0, 0.1) is 11.3 Å². The quantitative estimate of drug-likeness (QED) is 0.506. The molecule has 0 spiro atoms. The number of nitrogens with one attached hydrogen (secondary N) is 1. The van der Waals surface area contributed by atoms with Gasteiger partial charge >= 0.3 is 0 Å². The third-order valence-corrected chi connectivity index (χ3v) is 4.11. The van der Waals surface area contributed by atoms with Crippen molar-refractivity contribution in [1.82, 2.24) is 4.72 Å². The lowest BCUT2D eigenvalue weighted by Gasteiger charge is -2.28. The second-order valence-electron chi connectivity index (χ2n) is 4.00. The van der Waals surface area contributed by atoms with Crippen LogP contribution in [0.3, 0.4) is 0 Å². The van der Waals surface area contributed by atoms with Crippen LogP contribution in [-0.4, -0.2) is 49.1 Å². The van der Waals surface area contributed by atoms with E-state index in [0.29, 0.717) is 0 Å². The molecule has 0 heterocycles.